The first-order valence-corrected chi connectivity index (χ1v) is 7.66. The summed E-state index contributed by atoms with van der Waals surface area (Å²) in [7, 11) is 0. The van der Waals surface area contributed by atoms with Crippen LogP contribution in [0.2, 0.25) is 0 Å². The Kier molecular flexibility index (Phi) is 4.96. The van der Waals surface area contributed by atoms with Gasteiger partial charge in [0.05, 0.1) is 10.7 Å². The maximum atomic E-state index is 4.61. The Morgan fingerprint density at radius 1 is 1.28 bits per heavy atom. The van der Waals surface area contributed by atoms with Crippen molar-refractivity contribution in [2.24, 2.45) is 11.3 Å². The molecule has 3 heteroatoms. The lowest BCUT2D eigenvalue weighted by Crippen LogP contribution is -2.45. The number of rotatable bonds is 5. The van der Waals surface area contributed by atoms with Crippen LogP contribution in [-0.2, 0) is 6.42 Å². The topological polar surface area (TPSA) is 24.9 Å². The molecular weight excluding hydrogens is 240 g/mol. The molecule has 1 rings (SSSR count). The summed E-state index contributed by atoms with van der Waals surface area (Å²) in [5.74, 6) is 0.634. The molecule has 1 N–H and O–H groups in total. The van der Waals surface area contributed by atoms with E-state index in [-0.39, 0.29) is 11.0 Å². The summed E-state index contributed by atoms with van der Waals surface area (Å²) in [4.78, 5) is 4.61. The number of thiazole rings is 1. The average molecular weight is 268 g/mol. The minimum absolute atomic E-state index is 0.175. The molecule has 0 aliphatic carbocycles. The number of aromatic nitrogens is 1. The van der Waals surface area contributed by atoms with Gasteiger partial charge >= 0.3 is 0 Å². The Morgan fingerprint density at radius 3 is 2.28 bits per heavy atom. The number of hydrogen-bond donors (Lipinski definition) is 1. The smallest absolute Gasteiger partial charge is 0.0897 e. The molecule has 0 aromatic carbocycles. The summed E-state index contributed by atoms with van der Waals surface area (Å²) in [6.07, 6.45) is 1.05. The van der Waals surface area contributed by atoms with Gasteiger partial charge in [-0.05, 0) is 45.4 Å². The zero-order chi connectivity index (χ0) is 14.0. The molecule has 1 aromatic heterocycles. The van der Waals surface area contributed by atoms with Crippen molar-refractivity contribution in [3.63, 3.8) is 0 Å². The Morgan fingerprint density at radius 2 is 1.89 bits per heavy atom. The summed E-state index contributed by atoms with van der Waals surface area (Å²) in [6.45, 7) is 16.8. The van der Waals surface area contributed by atoms with Crippen LogP contribution in [0.4, 0.5) is 0 Å². The highest BCUT2D eigenvalue weighted by molar-refractivity contribution is 7.09. The Balaban J connectivity index is 2.74. The molecule has 1 unspecified atom stereocenters. The summed E-state index contributed by atoms with van der Waals surface area (Å²) >= 11 is 1.75. The molecule has 18 heavy (non-hydrogen) atoms. The van der Waals surface area contributed by atoms with E-state index in [1.165, 1.54) is 10.7 Å². The molecule has 0 amide bonds. The normalized spacial score (nSPS) is 16.0. The summed E-state index contributed by atoms with van der Waals surface area (Å²) in [5.41, 5.74) is 1.67. The molecule has 2 nitrogen and oxygen atoms in total. The van der Waals surface area contributed by atoms with Crippen LogP contribution in [-0.4, -0.2) is 17.1 Å². The molecule has 0 saturated heterocycles. The van der Waals surface area contributed by atoms with Crippen molar-refractivity contribution in [2.45, 2.75) is 60.4 Å². The van der Waals surface area contributed by atoms with Gasteiger partial charge in [0.25, 0.3) is 0 Å². The fourth-order valence-electron chi connectivity index (χ4n) is 1.84. The first-order valence-electron chi connectivity index (χ1n) is 6.78. The van der Waals surface area contributed by atoms with Gasteiger partial charge in [-0.2, -0.15) is 0 Å². The average Bonchev–Trinajstić information content (AvgIpc) is 2.60. The molecule has 0 aliphatic rings. The first kappa shape index (κ1) is 15.6. The van der Waals surface area contributed by atoms with E-state index < -0.39 is 0 Å². The molecule has 0 fully saturated rings. The molecule has 1 heterocycles. The van der Waals surface area contributed by atoms with E-state index in [9.17, 15) is 0 Å². The molecular formula is C15H28N2S. The van der Waals surface area contributed by atoms with Gasteiger partial charge in [-0.1, -0.05) is 20.8 Å². The number of hydrogen-bond acceptors (Lipinski definition) is 3. The third-order valence-electron chi connectivity index (χ3n) is 3.67. The SMILES string of the molecule is Cc1nc(CC(C)(CNC(C)(C)C)C(C)C)cs1. The van der Waals surface area contributed by atoms with E-state index in [2.05, 4.69) is 64.1 Å². The first-order chi connectivity index (χ1) is 8.12. The number of aryl methyl sites for hydroxylation is 1. The Bertz CT molecular complexity index is 376. The highest BCUT2D eigenvalue weighted by atomic mass is 32.1. The van der Waals surface area contributed by atoms with Gasteiger partial charge < -0.3 is 5.32 Å². The van der Waals surface area contributed by atoms with E-state index in [0.29, 0.717) is 5.92 Å². The summed E-state index contributed by atoms with van der Waals surface area (Å²) in [6, 6.07) is 0. The van der Waals surface area contributed by atoms with Crippen LogP contribution in [0, 0.1) is 18.3 Å². The van der Waals surface area contributed by atoms with Gasteiger partial charge in [0.2, 0.25) is 0 Å². The quantitative estimate of drug-likeness (QED) is 0.871. The van der Waals surface area contributed by atoms with Crippen LogP contribution in [0.3, 0.4) is 0 Å². The van der Waals surface area contributed by atoms with Crippen LogP contribution < -0.4 is 5.32 Å². The molecule has 1 atom stereocenters. The van der Waals surface area contributed by atoms with Crippen LogP contribution in [0.1, 0.15) is 52.2 Å². The minimum Gasteiger partial charge on any atom is -0.312 e. The number of nitrogens with one attached hydrogen (secondary N) is 1. The van der Waals surface area contributed by atoms with E-state index in [4.69, 9.17) is 0 Å². The largest absolute Gasteiger partial charge is 0.312 e. The van der Waals surface area contributed by atoms with Gasteiger partial charge in [0.1, 0.15) is 0 Å². The molecule has 0 spiro atoms. The zero-order valence-corrected chi connectivity index (χ0v) is 13.7. The second-order valence-corrected chi connectivity index (χ2v) is 8.01. The fraction of sp³-hybridized carbons (Fsp3) is 0.800. The molecule has 0 saturated carbocycles. The second kappa shape index (κ2) is 5.70. The van der Waals surface area contributed by atoms with E-state index >= 15 is 0 Å². The lowest BCUT2D eigenvalue weighted by molar-refractivity contribution is 0.186. The van der Waals surface area contributed by atoms with Crippen molar-refractivity contribution in [1.29, 1.82) is 0 Å². The molecule has 104 valence electrons. The fourth-order valence-corrected chi connectivity index (χ4v) is 2.45. The Labute approximate surface area is 116 Å². The van der Waals surface area contributed by atoms with Gasteiger partial charge in [0, 0.05) is 17.5 Å². The molecule has 0 aliphatic heterocycles. The van der Waals surface area contributed by atoms with Gasteiger partial charge in [-0.25, -0.2) is 4.98 Å². The minimum atomic E-state index is 0.175. The van der Waals surface area contributed by atoms with Crippen molar-refractivity contribution < 1.29 is 0 Å². The molecule has 0 bridgehead atoms. The van der Waals surface area contributed by atoms with Crippen LogP contribution in [0.25, 0.3) is 0 Å². The van der Waals surface area contributed by atoms with Crippen molar-refractivity contribution in [3.05, 3.63) is 16.1 Å². The maximum absolute atomic E-state index is 4.61. The zero-order valence-electron chi connectivity index (χ0n) is 12.9. The van der Waals surface area contributed by atoms with Crippen LogP contribution in [0.15, 0.2) is 5.38 Å². The van der Waals surface area contributed by atoms with E-state index in [1.807, 2.05) is 0 Å². The van der Waals surface area contributed by atoms with Crippen LogP contribution >= 0.6 is 11.3 Å². The van der Waals surface area contributed by atoms with Crippen LogP contribution in [0.5, 0.6) is 0 Å². The van der Waals surface area contributed by atoms with Crippen molar-refractivity contribution in [3.8, 4) is 0 Å². The second-order valence-electron chi connectivity index (χ2n) is 6.95. The maximum Gasteiger partial charge on any atom is 0.0897 e. The van der Waals surface area contributed by atoms with E-state index in [1.54, 1.807) is 11.3 Å². The third-order valence-corrected chi connectivity index (χ3v) is 4.49. The van der Waals surface area contributed by atoms with Crippen molar-refractivity contribution in [2.75, 3.05) is 6.54 Å². The predicted octanol–water partition coefficient (Wildman–Crippen LogP) is 4.04. The highest BCUT2D eigenvalue weighted by Gasteiger charge is 2.30. The standard InChI is InChI=1S/C15H28N2S/c1-11(2)15(7,10-16-14(4,5)6)8-13-9-18-12(3)17-13/h9,11,16H,8,10H2,1-7H3. The molecule has 1 aromatic rings. The predicted molar refractivity (Wildman–Crippen MR) is 81.3 cm³/mol. The lowest BCUT2D eigenvalue weighted by atomic mass is 9.75. The summed E-state index contributed by atoms with van der Waals surface area (Å²) < 4.78 is 0. The Hall–Kier alpha value is -0.410. The summed E-state index contributed by atoms with van der Waals surface area (Å²) in [5, 5.41) is 7.01. The van der Waals surface area contributed by atoms with Gasteiger partial charge in [-0.15, -0.1) is 11.3 Å². The van der Waals surface area contributed by atoms with E-state index in [0.717, 1.165) is 13.0 Å². The number of nitrogens with zero attached hydrogens (tertiary/aromatic N) is 1. The molecule has 0 radical (unpaired) electrons. The monoisotopic (exact) mass is 268 g/mol. The van der Waals surface area contributed by atoms with Crippen molar-refractivity contribution in [1.82, 2.24) is 10.3 Å². The van der Waals surface area contributed by atoms with Crippen molar-refractivity contribution >= 4 is 11.3 Å². The lowest BCUT2D eigenvalue weighted by Gasteiger charge is -2.36. The highest BCUT2D eigenvalue weighted by Crippen LogP contribution is 2.31. The van der Waals surface area contributed by atoms with Gasteiger partial charge in [-0.3, -0.25) is 0 Å². The third kappa shape index (κ3) is 4.69. The van der Waals surface area contributed by atoms with Gasteiger partial charge in [0.15, 0.2) is 0 Å².